The molecule has 8 nitrogen and oxygen atoms in total. The van der Waals surface area contributed by atoms with Crippen LogP contribution >= 0.6 is 0 Å². The summed E-state index contributed by atoms with van der Waals surface area (Å²) in [5.74, 6) is -0.478. The van der Waals surface area contributed by atoms with E-state index in [0.29, 0.717) is 28.3 Å². The summed E-state index contributed by atoms with van der Waals surface area (Å²) in [5, 5.41) is 2.57. The number of carbonyl (C=O) groups is 3. The van der Waals surface area contributed by atoms with Crippen LogP contribution in [0.25, 0.3) is 6.08 Å². The maximum Gasteiger partial charge on any atom is 0.338 e. The third-order valence-corrected chi connectivity index (χ3v) is 3.86. The van der Waals surface area contributed by atoms with E-state index in [4.69, 9.17) is 18.9 Å². The zero-order valence-corrected chi connectivity index (χ0v) is 17.0. The normalized spacial score (nSPS) is 10.4. The number of ether oxygens (including phenoxy) is 4. The molecule has 0 heterocycles. The number of anilines is 1. The number of esters is 2. The molecule has 0 aliphatic rings. The molecule has 0 aromatic heterocycles. The lowest BCUT2D eigenvalue weighted by Gasteiger charge is -2.08. The van der Waals surface area contributed by atoms with Crippen molar-refractivity contribution in [3.8, 4) is 11.5 Å². The Kier molecular flexibility index (Phi) is 8.43. The molecule has 8 heteroatoms. The van der Waals surface area contributed by atoms with Crippen molar-refractivity contribution in [3.05, 3.63) is 59.7 Å². The van der Waals surface area contributed by atoms with Crippen LogP contribution in [0.2, 0.25) is 0 Å². The van der Waals surface area contributed by atoms with Crippen molar-refractivity contribution < 1.29 is 33.3 Å². The van der Waals surface area contributed by atoms with Crippen LogP contribution in [0.5, 0.6) is 11.5 Å². The molecule has 2 aromatic rings. The van der Waals surface area contributed by atoms with E-state index in [2.05, 4.69) is 5.32 Å². The zero-order chi connectivity index (χ0) is 21.9. The summed E-state index contributed by atoms with van der Waals surface area (Å²) in [6.45, 7) is 1.54. The molecule has 2 rings (SSSR count). The summed E-state index contributed by atoms with van der Waals surface area (Å²) in [6.07, 6.45) is 2.72. The highest BCUT2D eigenvalue weighted by atomic mass is 16.5. The van der Waals surface area contributed by atoms with E-state index >= 15 is 0 Å². The lowest BCUT2D eigenvalue weighted by molar-refractivity contribution is -0.142. The van der Waals surface area contributed by atoms with Gasteiger partial charge in [-0.1, -0.05) is 0 Å². The van der Waals surface area contributed by atoms with Crippen molar-refractivity contribution in [2.75, 3.05) is 32.8 Å². The minimum Gasteiger partial charge on any atom is -0.497 e. The Morgan fingerprint density at radius 1 is 0.967 bits per heavy atom. The first-order valence-electron chi connectivity index (χ1n) is 9.10. The summed E-state index contributed by atoms with van der Waals surface area (Å²) in [7, 11) is 3.05. The Morgan fingerprint density at radius 3 is 2.33 bits per heavy atom. The second-order valence-electron chi connectivity index (χ2n) is 5.89. The Bertz CT molecular complexity index is 920. The molecule has 0 saturated carbocycles. The Labute approximate surface area is 174 Å². The number of nitrogens with one attached hydrogen (secondary N) is 1. The van der Waals surface area contributed by atoms with Gasteiger partial charge in [0.15, 0.2) is 6.61 Å². The molecule has 2 aromatic carbocycles. The largest absolute Gasteiger partial charge is 0.497 e. The van der Waals surface area contributed by atoms with Gasteiger partial charge >= 0.3 is 11.9 Å². The zero-order valence-electron chi connectivity index (χ0n) is 17.0. The van der Waals surface area contributed by atoms with Crippen LogP contribution in [0, 0.1) is 0 Å². The Balaban J connectivity index is 1.85. The van der Waals surface area contributed by atoms with Crippen molar-refractivity contribution in [2.24, 2.45) is 0 Å². The number of methoxy groups -OCH3 is 2. The average Bonchev–Trinajstić information content (AvgIpc) is 2.76. The number of benzene rings is 2. The van der Waals surface area contributed by atoms with Crippen LogP contribution in [0.1, 0.15) is 22.8 Å². The highest BCUT2D eigenvalue weighted by Gasteiger charge is 2.09. The van der Waals surface area contributed by atoms with Gasteiger partial charge in [-0.15, -0.1) is 0 Å². The monoisotopic (exact) mass is 413 g/mol. The van der Waals surface area contributed by atoms with Crippen LogP contribution < -0.4 is 14.8 Å². The van der Waals surface area contributed by atoms with Crippen molar-refractivity contribution in [2.45, 2.75) is 6.92 Å². The SMILES string of the molecule is CCOC(=O)c1ccc(NC(=O)COC(=O)C=Cc2ccc(OC)cc2OC)cc1. The number of amides is 1. The molecular weight excluding hydrogens is 390 g/mol. The van der Waals surface area contributed by atoms with Crippen molar-refractivity contribution in [1.82, 2.24) is 0 Å². The molecule has 0 fully saturated rings. The number of carbonyl (C=O) groups excluding carboxylic acids is 3. The Morgan fingerprint density at radius 2 is 1.70 bits per heavy atom. The van der Waals surface area contributed by atoms with Crippen molar-refractivity contribution in [3.63, 3.8) is 0 Å². The molecule has 0 aliphatic heterocycles. The molecule has 30 heavy (non-hydrogen) atoms. The molecule has 0 bridgehead atoms. The maximum absolute atomic E-state index is 11.9. The van der Waals surface area contributed by atoms with E-state index in [9.17, 15) is 14.4 Å². The van der Waals surface area contributed by atoms with Gasteiger partial charge in [0.25, 0.3) is 5.91 Å². The van der Waals surface area contributed by atoms with Gasteiger partial charge in [-0.3, -0.25) is 4.79 Å². The predicted molar refractivity (Wildman–Crippen MR) is 111 cm³/mol. The van der Waals surface area contributed by atoms with Gasteiger partial charge in [0.1, 0.15) is 11.5 Å². The molecule has 0 unspecified atom stereocenters. The van der Waals surface area contributed by atoms with Crippen LogP contribution in [0.15, 0.2) is 48.5 Å². The number of hydrogen-bond donors (Lipinski definition) is 1. The van der Waals surface area contributed by atoms with Gasteiger partial charge in [0, 0.05) is 23.4 Å². The van der Waals surface area contributed by atoms with E-state index in [1.807, 2.05) is 0 Å². The molecule has 1 amide bonds. The molecule has 0 radical (unpaired) electrons. The minimum atomic E-state index is -0.680. The number of rotatable bonds is 9. The predicted octanol–water partition coefficient (Wildman–Crippen LogP) is 3.08. The molecule has 1 N–H and O–H groups in total. The van der Waals surface area contributed by atoms with Gasteiger partial charge in [0.2, 0.25) is 0 Å². The van der Waals surface area contributed by atoms with Gasteiger partial charge in [0.05, 0.1) is 26.4 Å². The lowest BCUT2D eigenvalue weighted by Crippen LogP contribution is -2.20. The summed E-state index contributed by atoms with van der Waals surface area (Å²) in [6, 6.07) is 11.3. The maximum atomic E-state index is 11.9. The fraction of sp³-hybridized carbons (Fsp3) is 0.227. The second kappa shape index (κ2) is 11.3. The van der Waals surface area contributed by atoms with Gasteiger partial charge in [-0.2, -0.15) is 0 Å². The summed E-state index contributed by atoms with van der Waals surface area (Å²) >= 11 is 0. The summed E-state index contributed by atoms with van der Waals surface area (Å²) in [4.78, 5) is 35.4. The lowest BCUT2D eigenvalue weighted by atomic mass is 10.2. The first-order chi connectivity index (χ1) is 14.5. The van der Waals surface area contributed by atoms with E-state index in [0.717, 1.165) is 0 Å². The van der Waals surface area contributed by atoms with Crippen molar-refractivity contribution in [1.29, 1.82) is 0 Å². The van der Waals surface area contributed by atoms with Crippen LogP contribution in [-0.4, -0.2) is 45.3 Å². The van der Waals surface area contributed by atoms with Crippen molar-refractivity contribution >= 4 is 29.6 Å². The first-order valence-corrected chi connectivity index (χ1v) is 9.10. The summed E-state index contributed by atoms with van der Waals surface area (Å²) < 4.78 is 20.2. The van der Waals surface area contributed by atoms with Crippen LogP contribution in [0.4, 0.5) is 5.69 Å². The van der Waals surface area contributed by atoms with E-state index in [1.54, 1.807) is 44.4 Å². The fourth-order valence-electron chi connectivity index (χ4n) is 2.40. The molecule has 0 spiro atoms. The minimum absolute atomic E-state index is 0.280. The quantitative estimate of drug-likeness (QED) is 0.498. The first kappa shape index (κ1) is 22.5. The third kappa shape index (κ3) is 6.66. The average molecular weight is 413 g/mol. The second-order valence-corrected chi connectivity index (χ2v) is 5.89. The summed E-state index contributed by atoms with van der Waals surface area (Å²) in [5.41, 5.74) is 1.49. The number of hydrogen-bond acceptors (Lipinski definition) is 7. The molecule has 158 valence electrons. The standard InChI is InChI=1S/C22H23NO7/c1-4-29-22(26)16-5-9-17(10-6-16)23-20(24)14-30-21(25)12-8-15-7-11-18(27-2)13-19(15)28-3/h5-13H,4,14H2,1-3H3,(H,23,24). The molecular formula is C22H23NO7. The van der Waals surface area contributed by atoms with Crippen LogP contribution in [0.3, 0.4) is 0 Å². The highest BCUT2D eigenvalue weighted by molar-refractivity contribution is 5.95. The Hall–Kier alpha value is -3.81. The topological polar surface area (TPSA) is 100 Å². The molecule has 0 atom stereocenters. The van der Waals surface area contributed by atoms with E-state index < -0.39 is 24.5 Å². The van der Waals surface area contributed by atoms with Gasteiger partial charge in [-0.05, 0) is 49.4 Å². The highest BCUT2D eigenvalue weighted by Crippen LogP contribution is 2.25. The van der Waals surface area contributed by atoms with E-state index in [-0.39, 0.29) is 6.61 Å². The smallest absolute Gasteiger partial charge is 0.338 e. The fourth-order valence-corrected chi connectivity index (χ4v) is 2.40. The molecule has 0 saturated heterocycles. The third-order valence-electron chi connectivity index (χ3n) is 3.86. The van der Waals surface area contributed by atoms with Crippen LogP contribution in [-0.2, 0) is 19.1 Å². The molecule has 0 aliphatic carbocycles. The van der Waals surface area contributed by atoms with Gasteiger partial charge < -0.3 is 24.3 Å². The van der Waals surface area contributed by atoms with E-state index in [1.165, 1.54) is 31.4 Å². The van der Waals surface area contributed by atoms with Gasteiger partial charge in [-0.25, -0.2) is 9.59 Å².